The van der Waals surface area contributed by atoms with Crippen molar-refractivity contribution < 1.29 is 14.7 Å². The fourth-order valence-electron chi connectivity index (χ4n) is 3.08. The molecule has 0 aromatic carbocycles. The largest absolute Gasteiger partial charge is 0.481 e. The van der Waals surface area contributed by atoms with Gasteiger partial charge in [0.2, 0.25) is 5.91 Å². The summed E-state index contributed by atoms with van der Waals surface area (Å²) in [5.41, 5.74) is -0.343. The monoisotopic (exact) mass is 329 g/mol. The Kier molecular flexibility index (Phi) is 5.27. The van der Waals surface area contributed by atoms with E-state index in [1.54, 1.807) is 11.9 Å². The summed E-state index contributed by atoms with van der Waals surface area (Å²) in [5.74, 6) is -0.792. The SMILES string of the molecule is CN(Cc1ccc(Cl)s1)C(=O)CC1(CC(=O)O)CCCC1. The number of carboxylic acid groups (broad SMARTS) is 1. The number of hydrogen-bond acceptors (Lipinski definition) is 3. The van der Waals surface area contributed by atoms with Crippen molar-refractivity contribution in [2.75, 3.05) is 7.05 Å². The van der Waals surface area contributed by atoms with Crippen molar-refractivity contribution in [1.82, 2.24) is 4.90 Å². The Morgan fingerprint density at radius 3 is 2.52 bits per heavy atom. The molecule has 0 spiro atoms. The Labute approximate surface area is 133 Å². The van der Waals surface area contributed by atoms with E-state index in [2.05, 4.69) is 0 Å². The molecule has 1 N–H and O–H groups in total. The highest BCUT2D eigenvalue weighted by molar-refractivity contribution is 7.16. The van der Waals surface area contributed by atoms with E-state index in [4.69, 9.17) is 16.7 Å². The van der Waals surface area contributed by atoms with Crippen molar-refractivity contribution in [2.24, 2.45) is 5.41 Å². The molecule has 0 saturated heterocycles. The zero-order valence-corrected chi connectivity index (χ0v) is 13.7. The number of nitrogens with zero attached hydrogens (tertiary/aromatic N) is 1. The maximum absolute atomic E-state index is 12.4. The third-order valence-electron chi connectivity index (χ3n) is 4.16. The van der Waals surface area contributed by atoms with E-state index >= 15 is 0 Å². The maximum atomic E-state index is 12.4. The minimum absolute atomic E-state index is 0.0164. The molecule has 0 unspecified atom stereocenters. The smallest absolute Gasteiger partial charge is 0.303 e. The Hall–Kier alpha value is -1.07. The quantitative estimate of drug-likeness (QED) is 0.864. The summed E-state index contributed by atoms with van der Waals surface area (Å²) in [5, 5.41) is 9.09. The number of amides is 1. The first-order chi connectivity index (χ1) is 9.90. The Balaban J connectivity index is 1.96. The van der Waals surface area contributed by atoms with Crippen LogP contribution in [0.25, 0.3) is 0 Å². The highest BCUT2D eigenvalue weighted by atomic mass is 35.5. The van der Waals surface area contributed by atoms with Crippen molar-refractivity contribution in [3.63, 3.8) is 0 Å². The molecule has 1 aliphatic carbocycles. The van der Waals surface area contributed by atoms with Crippen LogP contribution in [0.4, 0.5) is 0 Å². The first-order valence-electron chi connectivity index (χ1n) is 7.10. The van der Waals surface area contributed by atoms with Crippen LogP contribution in [0, 0.1) is 5.41 Å². The van der Waals surface area contributed by atoms with Crippen molar-refractivity contribution in [3.8, 4) is 0 Å². The lowest BCUT2D eigenvalue weighted by molar-refractivity contribution is -0.141. The summed E-state index contributed by atoms with van der Waals surface area (Å²) in [6.07, 6.45) is 4.13. The first-order valence-corrected chi connectivity index (χ1v) is 8.30. The average molecular weight is 330 g/mol. The van der Waals surface area contributed by atoms with Crippen molar-refractivity contribution in [2.45, 2.75) is 45.1 Å². The summed E-state index contributed by atoms with van der Waals surface area (Å²) in [7, 11) is 1.76. The zero-order chi connectivity index (χ0) is 15.5. The fourth-order valence-corrected chi connectivity index (χ4v) is 4.22. The van der Waals surface area contributed by atoms with Crippen molar-refractivity contribution in [1.29, 1.82) is 0 Å². The number of aliphatic carboxylic acids is 1. The number of hydrogen-bond donors (Lipinski definition) is 1. The van der Waals surface area contributed by atoms with Gasteiger partial charge in [-0.1, -0.05) is 24.4 Å². The van der Waals surface area contributed by atoms with Gasteiger partial charge in [0.1, 0.15) is 0 Å². The molecule has 2 rings (SSSR count). The van der Waals surface area contributed by atoms with Gasteiger partial charge in [-0.2, -0.15) is 0 Å². The molecular formula is C15H20ClNO3S. The normalized spacial score (nSPS) is 16.9. The Morgan fingerprint density at radius 1 is 1.33 bits per heavy atom. The summed E-state index contributed by atoms with van der Waals surface area (Å²) in [6.45, 7) is 0.527. The number of carbonyl (C=O) groups excluding carboxylic acids is 1. The van der Waals surface area contributed by atoms with E-state index in [1.807, 2.05) is 12.1 Å². The molecule has 1 saturated carbocycles. The predicted molar refractivity (Wildman–Crippen MR) is 83.6 cm³/mol. The second kappa shape index (κ2) is 6.79. The van der Waals surface area contributed by atoms with Crippen molar-refractivity contribution >= 4 is 34.8 Å². The molecule has 21 heavy (non-hydrogen) atoms. The van der Waals surface area contributed by atoms with Gasteiger partial charge in [-0.3, -0.25) is 9.59 Å². The Bertz CT molecular complexity index is 523. The summed E-state index contributed by atoms with van der Waals surface area (Å²) in [4.78, 5) is 26.2. The molecule has 1 aromatic rings. The van der Waals surface area contributed by atoms with Gasteiger partial charge in [0.25, 0.3) is 0 Å². The van der Waals surface area contributed by atoms with Crippen LogP contribution in [0.5, 0.6) is 0 Å². The number of halogens is 1. The van der Waals surface area contributed by atoms with Crippen LogP contribution >= 0.6 is 22.9 Å². The van der Waals surface area contributed by atoms with Gasteiger partial charge < -0.3 is 10.0 Å². The molecule has 0 radical (unpaired) electrons. The fraction of sp³-hybridized carbons (Fsp3) is 0.600. The molecule has 1 aromatic heterocycles. The minimum atomic E-state index is -0.808. The highest BCUT2D eigenvalue weighted by Crippen LogP contribution is 2.44. The third kappa shape index (κ3) is 4.45. The molecule has 1 heterocycles. The Morgan fingerprint density at radius 2 is 2.00 bits per heavy atom. The predicted octanol–water partition coefficient (Wildman–Crippen LogP) is 3.79. The maximum Gasteiger partial charge on any atom is 0.303 e. The van der Waals surface area contributed by atoms with E-state index in [0.29, 0.717) is 17.3 Å². The second-order valence-corrected chi connectivity index (χ2v) is 7.71. The summed E-state index contributed by atoms with van der Waals surface area (Å²) >= 11 is 7.35. The molecular weight excluding hydrogens is 310 g/mol. The molecule has 0 aliphatic heterocycles. The lowest BCUT2D eigenvalue weighted by atomic mass is 9.79. The van der Waals surface area contributed by atoms with Crippen LogP contribution in [0.1, 0.15) is 43.4 Å². The number of carbonyl (C=O) groups is 2. The molecule has 4 nitrogen and oxygen atoms in total. The summed E-state index contributed by atoms with van der Waals surface area (Å²) < 4.78 is 0.712. The van der Waals surface area contributed by atoms with Gasteiger partial charge in [-0.25, -0.2) is 0 Å². The van der Waals surface area contributed by atoms with Crippen LogP contribution in [-0.2, 0) is 16.1 Å². The van der Waals surface area contributed by atoms with Crippen LogP contribution < -0.4 is 0 Å². The van der Waals surface area contributed by atoms with Gasteiger partial charge in [-0.15, -0.1) is 11.3 Å². The molecule has 0 bridgehead atoms. The molecule has 1 amide bonds. The van der Waals surface area contributed by atoms with Gasteiger partial charge >= 0.3 is 5.97 Å². The van der Waals surface area contributed by atoms with Crippen LogP contribution in [0.15, 0.2) is 12.1 Å². The average Bonchev–Trinajstić information content (AvgIpc) is 2.98. The number of rotatable bonds is 6. The van der Waals surface area contributed by atoms with Gasteiger partial charge in [-0.05, 0) is 30.4 Å². The van der Waals surface area contributed by atoms with E-state index in [9.17, 15) is 9.59 Å². The van der Waals surface area contributed by atoms with Crippen LogP contribution in [0.2, 0.25) is 4.34 Å². The molecule has 1 fully saturated rings. The standard InChI is InChI=1S/C15H20ClNO3S/c1-17(10-11-4-5-12(16)21-11)13(18)8-15(9-14(19)20)6-2-3-7-15/h4-5H,2-3,6-10H2,1H3,(H,19,20). The summed E-state index contributed by atoms with van der Waals surface area (Å²) in [6, 6.07) is 3.74. The van der Waals surface area contributed by atoms with Gasteiger partial charge in [0.15, 0.2) is 0 Å². The van der Waals surface area contributed by atoms with Gasteiger partial charge in [0, 0.05) is 18.3 Å². The van der Waals surface area contributed by atoms with Crippen molar-refractivity contribution in [3.05, 3.63) is 21.3 Å². The third-order valence-corrected chi connectivity index (χ3v) is 5.38. The molecule has 6 heteroatoms. The first kappa shape index (κ1) is 16.3. The van der Waals surface area contributed by atoms with E-state index < -0.39 is 5.97 Å². The van der Waals surface area contributed by atoms with E-state index in [1.165, 1.54) is 11.3 Å². The topological polar surface area (TPSA) is 57.6 Å². The van der Waals surface area contributed by atoms with Gasteiger partial charge in [0.05, 0.1) is 17.3 Å². The minimum Gasteiger partial charge on any atom is -0.481 e. The highest BCUT2D eigenvalue weighted by Gasteiger charge is 2.38. The number of thiophene rings is 1. The lowest BCUT2D eigenvalue weighted by Crippen LogP contribution is -2.33. The second-order valence-electron chi connectivity index (χ2n) is 5.91. The lowest BCUT2D eigenvalue weighted by Gasteiger charge is -2.28. The molecule has 1 aliphatic rings. The number of carboxylic acids is 1. The van der Waals surface area contributed by atoms with E-state index in [0.717, 1.165) is 30.6 Å². The van der Waals surface area contributed by atoms with E-state index in [-0.39, 0.29) is 17.7 Å². The molecule has 116 valence electrons. The molecule has 0 atom stereocenters. The van der Waals surface area contributed by atoms with Crippen LogP contribution in [-0.4, -0.2) is 28.9 Å². The van der Waals surface area contributed by atoms with Crippen LogP contribution in [0.3, 0.4) is 0 Å². The zero-order valence-electron chi connectivity index (χ0n) is 12.1.